The normalized spacial score (nSPS) is 10.6. The number of ether oxygens (including phenoxy) is 4. The van der Waals surface area contributed by atoms with Gasteiger partial charge in [0.2, 0.25) is 0 Å². The van der Waals surface area contributed by atoms with E-state index in [2.05, 4.69) is 0 Å². The molecule has 0 unspecified atom stereocenters. The van der Waals surface area contributed by atoms with Gasteiger partial charge < -0.3 is 18.9 Å². The second kappa shape index (κ2) is 10.1. The molecule has 0 fully saturated rings. The maximum atomic E-state index is 5.83. The second-order valence-corrected chi connectivity index (χ2v) is 3.96. The van der Waals surface area contributed by atoms with E-state index >= 15 is 0 Å². The predicted molar refractivity (Wildman–Crippen MR) is 70.5 cm³/mol. The van der Waals surface area contributed by atoms with Crippen LogP contribution in [0.1, 0.15) is 0 Å². The van der Waals surface area contributed by atoms with Gasteiger partial charge in [-0.2, -0.15) is 0 Å². The molecule has 0 radical (unpaired) electrons. The maximum Gasteiger partial charge on any atom is 0.120 e. The summed E-state index contributed by atoms with van der Waals surface area (Å²) in [6, 6.07) is 7.29. The maximum absolute atomic E-state index is 5.83. The Kier molecular flexibility index (Phi) is 8.59. The summed E-state index contributed by atoms with van der Waals surface area (Å²) in [5.41, 5.74) is 0. The summed E-state index contributed by atoms with van der Waals surface area (Å²) in [5, 5.41) is 0.667. The first-order valence-corrected chi connectivity index (χ1v) is 6.23. The Morgan fingerprint density at radius 2 is 1.61 bits per heavy atom. The molecule has 102 valence electrons. The molecule has 0 heterocycles. The van der Waals surface area contributed by atoms with Crippen molar-refractivity contribution in [2.45, 2.75) is 0 Å². The third-order valence-electron chi connectivity index (χ3n) is 2.10. The largest absolute Gasteiger partial charge is 0.491 e. The van der Waals surface area contributed by atoms with Crippen LogP contribution in [0.4, 0.5) is 0 Å². The zero-order valence-electron chi connectivity index (χ0n) is 10.6. The summed E-state index contributed by atoms with van der Waals surface area (Å²) in [7, 11) is 1.65. The third kappa shape index (κ3) is 7.50. The van der Waals surface area contributed by atoms with Crippen molar-refractivity contribution in [3.05, 3.63) is 29.3 Å². The Balaban J connectivity index is 1.92. The number of rotatable bonds is 10. The fourth-order valence-corrected chi connectivity index (χ4v) is 1.42. The Hall–Kier alpha value is -0.810. The van der Waals surface area contributed by atoms with Crippen LogP contribution in [-0.4, -0.2) is 46.8 Å². The van der Waals surface area contributed by atoms with Gasteiger partial charge in [-0.25, -0.2) is 0 Å². The topological polar surface area (TPSA) is 36.9 Å². The summed E-state index contributed by atoms with van der Waals surface area (Å²) in [6.07, 6.45) is 0. The van der Waals surface area contributed by atoms with Gasteiger partial charge in [-0.3, -0.25) is 0 Å². The zero-order valence-corrected chi connectivity index (χ0v) is 11.3. The Bertz CT molecular complexity index is 320. The summed E-state index contributed by atoms with van der Waals surface area (Å²) < 4.78 is 20.9. The molecule has 1 aromatic rings. The summed E-state index contributed by atoms with van der Waals surface area (Å²) in [5.74, 6) is 0.752. The van der Waals surface area contributed by atoms with Crippen molar-refractivity contribution >= 4 is 11.6 Å². The predicted octanol–water partition coefficient (Wildman–Crippen LogP) is 2.40. The highest BCUT2D eigenvalue weighted by Crippen LogP contribution is 2.16. The molecule has 0 N–H and O–H groups in total. The van der Waals surface area contributed by atoms with Crippen LogP contribution in [-0.2, 0) is 14.2 Å². The average Bonchev–Trinajstić information content (AvgIpc) is 2.37. The second-order valence-electron chi connectivity index (χ2n) is 3.52. The molecule has 0 aliphatic rings. The lowest BCUT2D eigenvalue weighted by Crippen LogP contribution is -2.12. The lowest BCUT2D eigenvalue weighted by atomic mass is 10.3. The molecule has 0 bridgehead atoms. The van der Waals surface area contributed by atoms with Crippen LogP contribution in [0.2, 0.25) is 5.02 Å². The van der Waals surface area contributed by atoms with Gasteiger partial charge in [-0.05, 0) is 18.2 Å². The van der Waals surface area contributed by atoms with Crippen LogP contribution in [0.3, 0.4) is 0 Å². The van der Waals surface area contributed by atoms with Gasteiger partial charge in [0, 0.05) is 12.1 Å². The molecule has 5 heteroatoms. The molecule has 0 atom stereocenters. The van der Waals surface area contributed by atoms with E-state index in [1.165, 1.54) is 0 Å². The smallest absolute Gasteiger partial charge is 0.120 e. The first kappa shape index (κ1) is 15.2. The van der Waals surface area contributed by atoms with E-state index in [0.29, 0.717) is 44.7 Å². The molecule has 18 heavy (non-hydrogen) atoms. The van der Waals surface area contributed by atoms with Gasteiger partial charge in [0.05, 0.1) is 33.0 Å². The van der Waals surface area contributed by atoms with Gasteiger partial charge in [0.25, 0.3) is 0 Å². The minimum absolute atomic E-state index is 0.498. The van der Waals surface area contributed by atoms with Crippen LogP contribution < -0.4 is 4.74 Å². The van der Waals surface area contributed by atoms with E-state index in [1.54, 1.807) is 13.2 Å². The molecule has 4 nitrogen and oxygen atoms in total. The van der Waals surface area contributed by atoms with Crippen molar-refractivity contribution in [3.63, 3.8) is 0 Å². The molecule has 0 saturated heterocycles. The monoisotopic (exact) mass is 274 g/mol. The average molecular weight is 275 g/mol. The van der Waals surface area contributed by atoms with E-state index in [9.17, 15) is 0 Å². The zero-order chi connectivity index (χ0) is 13.1. The summed E-state index contributed by atoms with van der Waals surface area (Å²) in [6.45, 7) is 3.36. The van der Waals surface area contributed by atoms with Gasteiger partial charge in [0.15, 0.2) is 0 Å². The lowest BCUT2D eigenvalue weighted by Gasteiger charge is -2.07. The van der Waals surface area contributed by atoms with E-state index in [0.717, 1.165) is 5.75 Å². The molecule has 0 aliphatic heterocycles. The first-order chi connectivity index (χ1) is 8.83. The Labute approximate surface area is 113 Å². The number of hydrogen-bond acceptors (Lipinski definition) is 4. The molecular weight excluding hydrogens is 256 g/mol. The quantitative estimate of drug-likeness (QED) is 0.614. The van der Waals surface area contributed by atoms with Crippen molar-refractivity contribution in [3.8, 4) is 5.75 Å². The highest BCUT2D eigenvalue weighted by molar-refractivity contribution is 6.30. The van der Waals surface area contributed by atoms with Crippen molar-refractivity contribution in [2.24, 2.45) is 0 Å². The van der Waals surface area contributed by atoms with Gasteiger partial charge in [-0.1, -0.05) is 17.7 Å². The Morgan fingerprint density at radius 3 is 2.28 bits per heavy atom. The molecular formula is C13H19ClO4. The first-order valence-electron chi connectivity index (χ1n) is 5.85. The van der Waals surface area contributed by atoms with Crippen molar-refractivity contribution < 1.29 is 18.9 Å². The summed E-state index contributed by atoms with van der Waals surface area (Å²) >= 11 is 5.83. The molecule has 0 saturated carbocycles. The van der Waals surface area contributed by atoms with E-state index in [1.807, 2.05) is 18.2 Å². The Morgan fingerprint density at radius 1 is 0.944 bits per heavy atom. The van der Waals surface area contributed by atoms with Crippen molar-refractivity contribution in [2.75, 3.05) is 46.8 Å². The third-order valence-corrected chi connectivity index (χ3v) is 2.33. The number of benzene rings is 1. The van der Waals surface area contributed by atoms with Gasteiger partial charge in [-0.15, -0.1) is 0 Å². The minimum Gasteiger partial charge on any atom is -0.491 e. The van der Waals surface area contributed by atoms with E-state index < -0.39 is 0 Å². The van der Waals surface area contributed by atoms with Crippen LogP contribution in [0.25, 0.3) is 0 Å². The highest BCUT2D eigenvalue weighted by atomic mass is 35.5. The van der Waals surface area contributed by atoms with E-state index in [4.69, 9.17) is 30.5 Å². The molecule has 1 aromatic carbocycles. The van der Waals surface area contributed by atoms with Crippen molar-refractivity contribution in [1.82, 2.24) is 0 Å². The number of halogens is 1. The SMILES string of the molecule is COCCOCCOCCOc1cccc(Cl)c1. The fourth-order valence-electron chi connectivity index (χ4n) is 1.24. The van der Waals surface area contributed by atoms with Gasteiger partial charge >= 0.3 is 0 Å². The molecule has 0 spiro atoms. The van der Waals surface area contributed by atoms with Crippen LogP contribution in [0, 0.1) is 0 Å². The number of hydrogen-bond donors (Lipinski definition) is 0. The van der Waals surface area contributed by atoms with Crippen molar-refractivity contribution in [1.29, 1.82) is 0 Å². The molecule has 0 aromatic heterocycles. The summed E-state index contributed by atoms with van der Waals surface area (Å²) in [4.78, 5) is 0. The van der Waals surface area contributed by atoms with Crippen LogP contribution >= 0.6 is 11.6 Å². The lowest BCUT2D eigenvalue weighted by molar-refractivity contribution is 0.0180. The highest BCUT2D eigenvalue weighted by Gasteiger charge is 1.95. The van der Waals surface area contributed by atoms with Crippen LogP contribution in [0.15, 0.2) is 24.3 Å². The number of methoxy groups -OCH3 is 1. The van der Waals surface area contributed by atoms with E-state index in [-0.39, 0.29) is 0 Å². The minimum atomic E-state index is 0.498. The molecule has 0 aliphatic carbocycles. The molecule has 0 amide bonds. The van der Waals surface area contributed by atoms with Crippen LogP contribution in [0.5, 0.6) is 5.75 Å². The molecule has 1 rings (SSSR count). The standard InChI is InChI=1S/C13H19ClO4/c1-15-5-6-16-7-8-17-9-10-18-13-4-2-3-12(14)11-13/h2-4,11H,5-10H2,1H3. The fraction of sp³-hybridized carbons (Fsp3) is 0.538. The van der Waals surface area contributed by atoms with Gasteiger partial charge in [0.1, 0.15) is 12.4 Å².